The SMILES string of the molecule is CCOc1ccc(C(=O)N(C)Cc2nc(-c3cccc(OC)c3)no2)cc1C. The van der Waals surface area contributed by atoms with Gasteiger partial charge >= 0.3 is 0 Å². The molecule has 0 aliphatic heterocycles. The molecular formula is C21H23N3O4. The van der Waals surface area contributed by atoms with Gasteiger partial charge in [0.2, 0.25) is 11.7 Å². The number of rotatable bonds is 7. The molecule has 7 heteroatoms. The van der Waals surface area contributed by atoms with Crippen LogP contribution in [0.5, 0.6) is 11.5 Å². The summed E-state index contributed by atoms with van der Waals surface area (Å²) in [5, 5.41) is 4.00. The average molecular weight is 381 g/mol. The van der Waals surface area contributed by atoms with Crippen LogP contribution in [0.2, 0.25) is 0 Å². The Balaban J connectivity index is 1.71. The number of hydrogen-bond donors (Lipinski definition) is 0. The molecule has 0 aliphatic rings. The van der Waals surface area contributed by atoms with Crippen LogP contribution in [-0.4, -0.2) is 41.7 Å². The largest absolute Gasteiger partial charge is 0.497 e. The van der Waals surface area contributed by atoms with Crippen molar-refractivity contribution in [2.24, 2.45) is 0 Å². The smallest absolute Gasteiger partial charge is 0.254 e. The predicted octanol–water partition coefficient (Wildman–Crippen LogP) is 3.72. The lowest BCUT2D eigenvalue weighted by molar-refractivity contribution is 0.0769. The summed E-state index contributed by atoms with van der Waals surface area (Å²) < 4.78 is 16.0. The highest BCUT2D eigenvalue weighted by Crippen LogP contribution is 2.22. The molecule has 0 fully saturated rings. The van der Waals surface area contributed by atoms with Gasteiger partial charge in [-0.25, -0.2) is 0 Å². The Bertz CT molecular complexity index is 968. The summed E-state index contributed by atoms with van der Waals surface area (Å²) in [7, 11) is 3.30. The van der Waals surface area contributed by atoms with Gasteiger partial charge in [0.25, 0.3) is 5.91 Å². The van der Waals surface area contributed by atoms with E-state index in [9.17, 15) is 4.79 Å². The van der Waals surface area contributed by atoms with Crippen molar-refractivity contribution in [2.75, 3.05) is 20.8 Å². The molecule has 7 nitrogen and oxygen atoms in total. The molecule has 1 amide bonds. The minimum Gasteiger partial charge on any atom is -0.497 e. The Morgan fingerprint density at radius 1 is 1.21 bits per heavy atom. The molecule has 3 aromatic rings. The molecule has 146 valence electrons. The van der Waals surface area contributed by atoms with E-state index in [2.05, 4.69) is 10.1 Å². The van der Waals surface area contributed by atoms with Crippen molar-refractivity contribution in [3.8, 4) is 22.9 Å². The fourth-order valence-electron chi connectivity index (χ4n) is 2.79. The first-order valence-corrected chi connectivity index (χ1v) is 8.97. The second-order valence-electron chi connectivity index (χ2n) is 6.32. The van der Waals surface area contributed by atoms with Crippen LogP contribution in [0.1, 0.15) is 28.7 Å². The van der Waals surface area contributed by atoms with Crippen molar-refractivity contribution in [3.63, 3.8) is 0 Å². The van der Waals surface area contributed by atoms with E-state index in [-0.39, 0.29) is 12.5 Å². The van der Waals surface area contributed by atoms with Gasteiger partial charge in [0.05, 0.1) is 20.3 Å². The number of carbonyl (C=O) groups is 1. The monoisotopic (exact) mass is 381 g/mol. The Labute approximate surface area is 163 Å². The van der Waals surface area contributed by atoms with Gasteiger partial charge < -0.3 is 18.9 Å². The first-order valence-electron chi connectivity index (χ1n) is 8.97. The third kappa shape index (κ3) is 4.31. The van der Waals surface area contributed by atoms with Gasteiger partial charge in [0.1, 0.15) is 11.5 Å². The molecule has 28 heavy (non-hydrogen) atoms. The van der Waals surface area contributed by atoms with E-state index in [1.54, 1.807) is 20.2 Å². The molecule has 0 aliphatic carbocycles. The molecule has 0 unspecified atom stereocenters. The molecule has 0 N–H and O–H groups in total. The zero-order valence-corrected chi connectivity index (χ0v) is 16.4. The molecule has 0 radical (unpaired) electrons. The van der Waals surface area contributed by atoms with Crippen LogP contribution < -0.4 is 9.47 Å². The molecule has 2 aromatic carbocycles. The Morgan fingerprint density at radius 3 is 2.75 bits per heavy atom. The summed E-state index contributed by atoms with van der Waals surface area (Å²) in [6.45, 7) is 4.64. The van der Waals surface area contributed by atoms with Crippen LogP contribution in [0.25, 0.3) is 11.4 Å². The minimum absolute atomic E-state index is 0.132. The van der Waals surface area contributed by atoms with Crippen molar-refractivity contribution in [1.29, 1.82) is 0 Å². The van der Waals surface area contributed by atoms with E-state index in [1.165, 1.54) is 4.90 Å². The summed E-state index contributed by atoms with van der Waals surface area (Å²) in [4.78, 5) is 18.6. The number of hydrogen-bond acceptors (Lipinski definition) is 6. The summed E-state index contributed by atoms with van der Waals surface area (Å²) in [6, 6.07) is 12.8. The standard InChI is InChI=1S/C21H23N3O4/c1-5-27-18-10-9-16(11-14(18)2)21(25)24(3)13-19-22-20(23-28-19)15-7-6-8-17(12-15)26-4/h6-12H,5,13H2,1-4H3. The third-order valence-electron chi connectivity index (χ3n) is 4.24. The zero-order valence-electron chi connectivity index (χ0n) is 16.4. The van der Waals surface area contributed by atoms with Crippen LogP contribution in [0.3, 0.4) is 0 Å². The van der Waals surface area contributed by atoms with Crippen LogP contribution in [0, 0.1) is 6.92 Å². The van der Waals surface area contributed by atoms with E-state index in [1.807, 2.05) is 50.2 Å². The quantitative estimate of drug-likeness (QED) is 0.621. The maximum absolute atomic E-state index is 12.7. The second-order valence-corrected chi connectivity index (χ2v) is 6.32. The predicted molar refractivity (Wildman–Crippen MR) is 104 cm³/mol. The van der Waals surface area contributed by atoms with Crippen LogP contribution in [0.4, 0.5) is 0 Å². The molecule has 0 atom stereocenters. The fraction of sp³-hybridized carbons (Fsp3) is 0.286. The molecule has 1 heterocycles. The van der Waals surface area contributed by atoms with E-state index < -0.39 is 0 Å². The van der Waals surface area contributed by atoms with Crippen molar-refractivity contribution in [3.05, 3.63) is 59.5 Å². The van der Waals surface area contributed by atoms with Gasteiger partial charge in [-0.2, -0.15) is 4.98 Å². The topological polar surface area (TPSA) is 77.7 Å². The van der Waals surface area contributed by atoms with Gasteiger partial charge in [0.15, 0.2) is 0 Å². The van der Waals surface area contributed by atoms with Gasteiger partial charge in [0, 0.05) is 18.2 Å². The molecular weight excluding hydrogens is 358 g/mol. The van der Waals surface area contributed by atoms with E-state index in [0.717, 1.165) is 16.9 Å². The van der Waals surface area contributed by atoms with Crippen LogP contribution in [0.15, 0.2) is 47.0 Å². The van der Waals surface area contributed by atoms with E-state index in [0.29, 0.717) is 29.6 Å². The summed E-state index contributed by atoms with van der Waals surface area (Å²) in [5.74, 6) is 2.17. The van der Waals surface area contributed by atoms with Gasteiger partial charge in [-0.05, 0) is 49.7 Å². The summed E-state index contributed by atoms with van der Waals surface area (Å²) in [6.07, 6.45) is 0. The summed E-state index contributed by atoms with van der Waals surface area (Å²) in [5.41, 5.74) is 2.28. The number of methoxy groups -OCH3 is 1. The van der Waals surface area contributed by atoms with Crippen molar-refractivity contribution >= 4 is 5.91 Å². The normalized spacial score (nSPS) is 10.6. The molecule has 0 bridgehead atoms. The number of benzene rings is 2. The lowest BCUT2D eigenvalue weighted by Crippen LogP contribution is -2.26. The number of ether oxygens (including phenoxy) is 2. The van der Waals surface area contributed by atoms with E-state index >= 15 is 0 Å². The maximum Gasteiger partial charge on any atom is 0.254 e. The molecule has 0 saturated heterocycles. The second kappa shape index (κ2) is 8.56. The molecule has 0 spiro atoms. The molecule has 0 saturated carbocycles. The number of amides is 1. The van der Waals surface area contributed by atoms with Gasteiger partial charge in [-0.15, -0.1) is 0 Å². The highest BCUT2D eigenvalue weighted by molar-refractivity contribution is 5.94. The first kappa shape index (κ1) is 19.4. The van der Waals surface area contributed by atoms with Crippen molar-refractivity contribution in [2.45, 2.75) is 20.4 Å². The average Bonchev–Trinajstić information content (AvgIpc) is 3.17. The molecule has 1 aromatic heterocycles. The van der Waals surface area contributed by atoms with Crippen LogP contribution in [-0.2, 0) is 6.54 Å². The van der Waals surface area contributed by atoms with Gasteiger partial charge in [-0.1, -0.05) is 17.3 Å². The van der Waals surface area contributed by atoms with Crippen molar-refractivity contribution < 1.29 is 18.8 Å². The summed E-state index contributed by atoms with van der Waals surface area (Å²) >= 11 is 0. The van der Waals surface area contributed by atoms with Crippen molar-refractivity contribution in [1.82, 2.24) is 15.0 Å². The first-order chi connectivity index (χ1) is 13.5. The lowest BCUT2D eigenvalue weighted by atomic mass is 10.1. The zero-order chi connectivity index (χ0) is 20.1. The lowest BCUT2D eigenvalue weighted by Gasteiger charge is -2.16. The Kier molecular flexibility index (Phi) is 5.93. The van der Waals surface area contributed by atoms with Crippen LogP contribution >= 0.6 is 0 Å². The molecule has 3 rings (SSSR count). The highest BCUT2D eigenvalue weighted by Gasteiger charge is 2.17. The minimum atomic E-state index is -0.132. The number of nitrogens with zero attached hydrogens (tertiary/aromatic N) is 3. The fourth-order valence-corrected chi connectivity index (χ4v) is 2.79. The third-order valence-corrected chi connectivity index (χ3v) is 4.24. The Morgan fingerprint density at radius 2 is 2.04 bits per heavy atom. The highest BCUT2D eigenvalue weighted by atomic mass is 16.5. The number of carbonyl (C=O) groups excluding carboxylic acids is 1. The number of aryl methyl sites for hydroxylation is 1. The van der Waals surface area contributed by atoms with Gasteiger partial charge in [-0.3, -0.25) is 4.79 Å². The maximum atomic E-state index is 12.7. The Hall–Kier alpha value is -3.35. The van der Waals surface area contributed by atoms with E-state index in [4.69, 9.17) is 14.0 Å². The number of aromatic nitrogens is 2.